The van der Waals surface area contributed by atoms with E-state index in [1.807, 2.05) is 18.2 Å². The van der Waals surface area contributed by atoms with Crippen LogP contribution < -0.4 is 5.32 Å². The van der Waals surface area contributed by atoms with Gasteiger partial charge in [-0.15, -0.1) is 0 Å². The predicted octanol–water partition coefficient (Wildman–Crippen LogP) is 2.45. The summed E-state index contributed by atoms with van der Waals surface area (Å²) < 4.78 is 0. The molecule has 2 N–H and O–H groups in total. The number of benzene rings is 1. The maximum absolute atomic E-state index is 8.89. The Kier molecular flexibility index (Phi) is 5.83. The third-order valence-corrected chi connectivity index (χ3v) is 2.76. The SMILES string of the molecule is C=C(CNC(CC)CCO)c1ccccc1. The van der Waals surface area contributed by atoms with Gasteiger partial charge >= 0.3 is 0 Å². The van der Waals surface area contributed by atoms with E-state index in [4.69, 9.17) is 5.11 Å². The van der Waals surface area contributed by atoms with E-state index < -0.39 is 0 Å². The normalized spacial score (nSPS) is 12.4. The van der Waals surface area contributed by atoms with Crippen LogP contribution >= 0.6 is 0 Å². The van der Waals surface area contributed by atoms with Crippen molar-refractivity contribution >= 4 is 5.57 Å². The Bertz CT molecular complexity index is 308. The first-order chi connectivity index (χ1) is 7.77. The van der Waals surface area contributed by atoms with Crippen molar-refractivity contribution in [2.45, 2.75) is 25.8 Å². The molecule has 0 amide bonds. The Hall–Kier alpha value is -1.12. The van der Waals surface area contributed by atoms with Gasteiger partial charge in [-0.05, 0) is 24.0 Å². The summed E-state index contributed by atoms with van der Waals surface area (Å²) in [7, 11) is 0. The molecule has 1 unspecified atom stereocenters. The molecule has 1 aromatic carbocycles. The summed E-state index contributed by atoms with van der Waals surface area (Å²) in [5.41, 5.74) is 2.27. The van der Waals surface area contributed by atoms with Crippen molar-refractivity contribution in [3.8, 4) is 0 Å². The fourth-order valence-corrected chi connectivity index (χ4v) is 1.65. The number of aliphatic hydroxyl groups excluding tert-OH is 1. The third kappa shape index (κ3) is 4.17. The Morgan fingerprint density at radius 1 is 1.38 bits per heavy atom. The molecule has 0 heterocycles. The van der Waals surface area contributed by atoms with Crippen LogP contribution in [0.3, 0.4) is 0 Å². The van der Waals surface area contributed by atoms with Gasteiger partial charge in [0.1, 0.15) is 0 Å². The smallest absolute Gasteiger partial charge is 0.0445 e. The van der Waals surface area contributed by atoms with E-state index in [9.17, 15) is 0 Å². The third-order valence-electron chi connectivity index (χ3n) is 2.76. The van der Waals surface area contributed by atoms with Crippen LogP contribution in [0, 0.1) is 0 Å². The van der Waals surface area contributed by atoms with Gasteiger partial charge in [-0.3, -0.25) is 0 Å². The van der Waals surface area contributed by atoms with Crippen molar-refractivity contribution in [2.24, 2.45) is 0 Å². The average Bonchev–Trinajstić information content (AvgIpc) is 2.35. The van der Waals surface area contributed by atoms with Crippen LogP contribution in [0.1, 0.15) is 25.3 Å². The van der Waals surface area contributed by atoms with Crippen LogP contribution in [-0.2, 0) is 0 Å². The fourth-order valence-electron chi connectivity index (χ4n) is 1.65. The monoisotopic (exact) mass is 219 g/mol. The zero-order valence-corrected chi connectivity index (χ0v) is 9.95. The Labute approximate surface area is 98.0 Å². The number of hydrogen-bond donors (Lipinski definition) is 2. The van der Waals surface area contributed by atoms with Gasteiger partial charge in [0.25, 0.3) is 0 Å². The predicted molar refractivity (Wildman–Crippen MR) is 69.3 cm³/mol. The Morgan fingerprint density at radius 2 is 2.06 bits per heavy atom. The molecule has 0 aromatic heterocycles. The number of aliphatic hydroxyl groups is 1. The topological polar surface area (TPSA) is 32.3 Å². The van der Waals surface area contributed by atoms with Gasteiger partial charge in [0, 0.05) is 19.2 Å². The van der Waals surface area contributed by atoms with E-state index in [1.54, 1.807) is 0 Å². The Morgan fingerprint density at radius 3 is 2.62 bits per heavy atom. The summed E-state index contributed by atoms with van der Waals surface area (Å²) in [5, 5.41) is 12.3. The molecule has 0 aliphatic carbocycles. The van der Waals surface area contributed by atoms with Crippen molar-refractivity contribution < 1.29 is 5.11 Å². The lowest BCUT2D eigenvalue weighted by Crippen LogP contribution is -2.30. The van der Waals surface area contributed by atoms with Gasteiger partial charge in [0.15, 0.2) is 0 Å². The molecule has 0 aliphatic heterocycles. The molecule has 0 saturated heterocycles. The Balaban J connectivity index is 2.40. The second-order valence-electron chi connectivity index (χ2n) is 3.97. The fraction of sp³-hybridized carbons (Fsp3) is 0.429. The van der Waals surface area contributed by atoms with Crippen molar-refractivity contribution in [2.75, 3.05) is 13.2 Å². The first-order valence-electron chi connectivity index (χ1n) is 5.85. The van der Waals surface area contributed by atoms with Crippen LogP contribution in [0.2, 0.25) is 0 Å². The molecule has 0 aliphatic rings. The largest absolute Gasteiger partial charge is 0.396 e. The van der Waals surface area contributed by atoms with E-state index in [0.29, 0.717) is 6.04 Å². The van der Waals surface area contributed by atoms with Crippen LogP contribution in [0.4, 0.5) is 0 Å². The van der Waals surface area contributed by atoms with Gasteiger partial charge in [-0.1, -0.05) is 43.8 Å². The van der Waals surface area contributed by atoms with Crippen LogP contribution in [0.5, 0.6) is 0 Å². The average molecular weight is 219 g/mol. The summed E-state index contributed by atoms with van der Waals surface area (Å²) in [5.74, 6) is 0. The van der Waals surface area contributed by atoms with Crippen LogP contribution in [0.15, 0.2) is 36.9 Å². The molecule has 2 nitrogen and oxygen atoms in total. The first-order valence-corrected chi connectivity index (χ1v) is 5.85. The number of nitrogens with one attached hydrogen (secondary N) is 1. The van der Waals surface area contributed by atoms with Gasteiger partial charge < -0.3 is 10.4 Å². The molecular weight excluding hydrogens is 198 g/mol. The highest BCUT2D eigenvalue weighted by Crippen LogP contribution is 2.10. The maximum atomic E-state index is 8.89. The van der Waals surface area contributed by atoms with Gasteiger partial charge in [-0.2, -0.15) is 0 Å². The lowest BCUT2D eigenvalue weighted by atomic mass is 10.1. The van der Waals surface area contributed by atoms with Gasteiger partial charge in [0.05, 0.1) is 0 Å². The molecule has 1 rings (SSSR count). The van der Waals surface area contributed by atoms with E-state index >= 15 is 0 Å². The van der Waals surface area contributed by atoms with Gasteiger partial charge in [0.2, 0.25) is 0 Å². The molecule has 0 bridgehead atoms. The minimum absolute atomic E-state index is 0.239. The molecular formula is C14H21NO. The van der Waals surface area contributed by atoms with Crippen molar-refractivity contribution in [1.29, 1.82) is 0 Å². The molecule has 2 heteroatoms. The molecule has 16 heavy (non-hydrogen) atoms. The standard InChI is InChI=1S/C14H21NO/c1-3-14(9-10-16)15-11-12(2)13-7-5-4-6-8-13/h4-8,14-16H,2-3,9-11H2,1H3. The second kappa shape index (κ2) is 7.20. The molecule has 0 fully saturated rings. The van der Waals surface area contributed by atoms with E-state index in [0.717, 1.165) is 25.0 Å². The summed E-state index contributed by atoms with van der Waals surface area (Å²) in [4.78, 5) is 0. The lowest BCUT2D eigenvalue weighted by Gasteiger charge is -2.16. The first kappa shape index (κ1) is 12.9. The van der Waals surface area contributed by atoms with Crippen LogP contribution in [0.25, 0.3) is 5.57 Å². The maximum Gasteiger partial charge on any atom is 0.0445 e. The van der Waals surface area contributed by atoms with Gasteiger partial charge in [-0.25, -0.2) is 0 Å². The van der Waals surface area contributed by atoms with E-state index in [1.165, 1.54) is 5.56 Å². The quantitative estimate of drug-likeness (QED) is 0.738. The van der Waals surface area contributed by atoms with Crippen LogP contribution in [-0.4, -0.2) is 24.3 Å². The molecule has 0 radical (unpaired) electrons. The second-order valence-corrected chi connectivity index (χ2v) is 3.97. The summed E-state index contributed by atoms with van der Waals surface area (Å²) in [6.45, 7) is 7.21. The van der Waals surface area contributed by atoms with E-state index in [2.05, 4.69) is 31.0 Å². The number of rotatable bonds is 7. The summed E-state index contributed by atoms with van der Waals surface area (Å²) >= 11 is 0. The molecule has 0 spiro atoms. The lowest BCUT2D eigenvalue weighted by molar-refractivity contribution is 0.264. The minimum atomic E-state index is 0.239. The zero-order valence-electron chi connectivity index (χ0n) is 9.95. The van der Waals surface area contributed by atoms with E-state index in [-0.39, 0.29) is 6.61 Å². The van der Waals surface area contributed by atoms with Crippen molar-refractivity contribution in [3.63, 3.8) is 0 Å². The zero-order chi connectivity index (χ0) is 11.8. The highest BCUT2D eigenvalue weighted by atomic mass is 16.3. The molecule has 1 aromatic rings. The molecule has 88 valence electrons. The van der Waals surface area contributed by atoms with Crippen molar-refractivity contribution in [3.05, 3.63) is 42.5 Å². The minimum Gasteiger partial charge on any atom is -0.396 e. The van der Waals surface area contributed by atoms with Crippen molar-refractivity contribution in [1.82, 2.24) is 5.32 Å². The highest BCUT2D eigenvalue weighted by molar-refractivity contribution is 5.64. The number of hydrogen-bond acceptors (Lipinski definition) is 2. The highest BCUT2D eigenvalue weighted by Gasteiger charge is 2.05. The molecule has 0 saturated carbocycles. The summed E-state index contributed by atoms with van der Waals surface area (Å²) in [6.07, 6.45) is 1.83. The summed E-state index contributed by atoms with van der Waals surface area (Å²) in [6, 6.07) is 10.6. The molecule has 1 atom stereocenters.